The van der Waals surface area contributed by atoms with E-state index in [-0.39, 0.29) is 5.82 Å². The number of imidazole rings is 1. The Kier molecular flexibility index (Phi) is 4.26. The van der Waals surface area contributed by atoms with Crippen LogP contribution in [0.15, 0.2) is 59.2 Å². The van der Waals surface area contributed by atoms with Gasteiger partial charge in [0.25, 0.3) is 0 Å². The first-order chi connectivity index (χ1) is 11.7. The molecule has 120 valence electrons. The van der Waals surface area contributed by atoms with E-state index in [0.717, 1.165) is 25.9 Å². The van der Waals surface area contributed by atoms with Gasteiger partial charge in [-0.05, 0) is 36.4 Å². The van der Waals surface area contributed by atoms with Crippen LogP contribution in [0.25, 0.3) is 15.9 Å². The highest BCUT2D eigenvalue weighted by Crippen LogP contribution is 2.33. The van der Waals surface area contributed by atoms with Crippen molar-refractivity contribution in [2.45, 2.75) is 10.1 Å². The van der Waals surface area contributed by atoms with Crippen LogP contribution in [0, 0.1) is 5.82 Å². The van der Waals surface area contributed by atoms with E-state index in [0.29, 0.717) is 10.9 Å². The van der Waals surface area contributed by atoms with Gasteiger partial charge < -0.3 is 4.57 Å². The number of thiazole rings is 1. The minimum Gasteiger partial charge on any atom is -0.301 e. The highest BCUT2D eigenvalue weighted by molar-refractivity contribution is 8.00. The summed E-state index contributed by atoms with van der Waals surface area (Å²) in [5.41, 5.74) is 2.70. The van der Waals surface area contributed by atoms with Crippen LogP contribution >= 0.6 is 34.7 Å². The van der Waals surface area contributed by atoms with E-state index in [1.807, 2.05) is 22.8 Å². The first kappa shape index (κ1) is 15.6. The zero-order valence-electron chi connectivity index (χ0n) is 12.3. The minimum atomic E-state index is -0.268. The number of halogens is 2. The van der Waals surface area contributed by atoms with E-state index in [1.165, 1.54) is 12.1 Å². The molecule has 4 aromatic rings. The summed E-state index contributed by atoms with van der Waals surface area (Å²) in [5, 5.41) is 0.452. The largest absolute Gasteiger partial charge is 0.301 e. The molecule has 0 N–H and O–H groups in total. The standard InChI is InChI=1S/C17H11ClFN3S2/c18-16-14(22(10-20-16)12-7-5-11(19)6-8-12)9-23-17-21-13-3-1-2-4-15(13)24-17/h1-8,10H,9H2. The Morgan fingerprint density at radius 3 is 2.71 bits per heavy atom. The lowest BCUT2D eigenvalue weighted by molar-refractivity contribution is 0.627. The number of hydrogen-bond acceptors (Lipinski definition) is 4. The molecule has 0 saturated heterocycles. The van der Waals surface area contributed by atoms with Crippen LogP contribution in [0.1, 0.15) is 5.69 Å². The van der Waals surface area contributed by atoms with Crippen molar-refractivity contribution in [2.24, 2.45) is 0 Å². The molecule has 2 heterocycles. The molecule has 0 amide bonds. The highest BCUT2D eigenvalue weighted by Gasteiger charge is 2.13. The topological polar surface area (TPSA) is 30.7 Å². The molecule has 0 bridgehead atoms. The lowest BCUT2D eigenvalue weighted by atomic mass is 10.3. The van der Waals surface area contributed by atoms with Crippen LogP contribution in [0.2, 0.25) is 5.15 Å². The second-order valence-corrected chi connectivity index (χ2v) is 7.68. The van der Waals surface area contributed by atoms with Gasteiger partial charge in [0.2, 0.25) is 0 Å². The molecule has 0 aliphatic carbocycles. The maximum atomic E-state index is 13.1. The van der Waals surface area contributed by atoms with Crippen molar-refractivity contribution in [3.8, 4) is 5.69 Å². The maximum absolute atomic E-state index is 13.1. The van der Waals surface area contributed by atoms with E-state index < -0.39 is 0 Å². The van der Waals surface area contributed by atoms with Gasteiger partial charge in [0, 0.05) is 11.4 Å². The minimum absolute atomic E-state index is 0.268. The van der Waals surface area contributed by atoms with Gasteiger partial charge in [-0.15, -0.1) is 11.3 Å². The van der Waals surface area contributed by atoms with Crippen LogP contribution < -0.4 is 0 Å². The zero-order valence-corrected chi connectivity index (χ0v) is 14.7. The van der Waals surface area contributed by atoms with Crippen molar-refractivity contribution in [2.75, 3.05) is 0 Å². The van der Waals surface area contributed by atoms with E-state index in [2.05, 4.69) is 16.0 Å². The highest BCUT2D eigenvalue weighted by atomic mass is 35.5. The lowest BCUT2D eigenvalue weighted by Gasteiger charge is -2.07. The third-order valence-electron chi connectivity index (χ3n) is 3.53. The summed E-state index contributed by atoms with van der Waals surface area (Å²) in [6.07, 6.45) is 1.66. The molecule has 0 radical (unpaired) electrons. The first-order valence-electron chi connectivity index (χ1n) is 7.17. The summed E-state index contributed by atoms with van der Waals surface area (Å²) in [7, 11) is 0. The van der Waals surface area contributed by atoms with Crippen LogP contribution in [0.3, 0.4) is 0 Å². The van der Waals surface area contributed by atoms with Gasteiger partial charge in [0.05, 0.1) is 15.9 Å². The first-order valence-corrected chi connectivity index (χ1v) is 9.35. The fourth-order valence-corrected chi connectivity index (χ4v) is 4.71. The van der Waals surface area contributed by atoms with E-state index in [9.17, 15) is 4.39 Å². The summed E-state index contributed by atoms with van der Waals surface area (Å²) in [6, 6.07) is 14.3. The molecule has 0 aliphatic rings. The van der Waals surface area contributed by atoms with Crippen LogP contribution in [-0.4, -0.2) is 14.5 Å². The second kappa shape index (κ2) is 6.55. The summed E-state index contributed by atoms with van der Waals surface area (Å²) >= 11 is 9.51. The number of para-hydroxylation sites is 1. The molecular weight excluding hydrogens is 365 g/mol. The lowest BCUT2D eigenvalue weighted by Crippen LogP contribution is -1.98. The SMILES string of the molecule is Fc1ccc(-n2cnc(Cl)c2CSc2nc3ccccc3s2)cc1. The molecule has 0 spiro atoms. The van der Waals surface area contributed by atoms with Gasteiger partial charge in [0.1, 0.15) is 12.1 Å². The van der Waals surface area contributed by atoms with Gasteiger partial charge >= 0.3 is 0 Å². The van der Waals surface area contributed by atoms with E-state index >= 15 is 0 Å². The fraction of sp³-hybridized carbons (Fsp3) is 0.0588. The molecule has 24 heavy (non-hydrogen) atoms. The maximum Gasteiger partial charge on any atom is 0.151 e. The molecule has 0 saturated carbocycles. The monoisotopic (exact) mass is 375 g/mol. The van der Waals surface area contributed by atoms with Crippen molar-refractivity contribution in [1.29, 1.82) is 0 Å². The number of thioether (sulfide) groups is 1. The molecule has 2 aromatic heterocycles. The smallest absolute Gasteiger partial charge is 0.151 e. The van der Waals surface area contributed by atoms with Gasteiger partial charge in [-0.1, -0.05) is 35.5 Å². The number of rotatable bonds is 4. The zero-order chi connectivity index (χ0) is 16.5. The third kappa shape index (κ3) is 3.05. The predicted octanol–water partition coefficient (Wildman–Crippen LogP) is 5.57. The Balaban J connectivity index is 1.60. The van der Waals surface area contributed by atoms with Crippen molar-refractivity contribution in [3.63, 3.8) is 0 Å². The number of aromatic nitrogens is 3. The number of fused-ring (bicyclic) bond motifs is 1. The summed E-state index contributed by atoms with van der Waals surface area (Å²) in [4.78, 5) is 8.79. The number of hydrogen-bond donors (Lipinski definition) is 0. The van der Waals surface area contributed by atoms with Crippen molar-refractivity contribution < 1.29 is 4.39 Å². The molecule has 3 nitrogen and oxygen atoms in total. The third-order valence-corrected chi connectivity index (χ3v) is 6.03. The molecule has 0 fully saturated rings. The molecule has 0 unspecified atom stereocenters. The summed E-state index contributed by atoms with van der Waals surface area (Å²) < 4.78 is 17.1. The Morgan fingerprint density at radius 2 is 1.92 bits per heavy atom. The Hall–Kier alpha value is -1.89. The fourth-order valence-electron chi connectivity index (χ4n) is 2.35. The van der Waals surface area contributed by atoms with Crippen molar-refractivity contribution in [3.05, 3.63) is 71.5 Å². The predicted molar refractivity (Wildman–Crippen MR) is 97.7 cm³/mol. The molecule has 2 aromatic carbocycles. The van der Waals surface area contributed by atoms with Gasteiger partial charge in [0.15, 0.2) is 9.49 Å². The Morgan fingerprint density at radius 1 is 1.12 bits per heavy atom. The van der Waals surface area contributed by atoms with Gasteiger partial charge in [-0.25, -0.2) is 14.4 Å². The molecule has 7 heteroatoms. The van der Waals surface area contributed by atoms with E-state index in [1.54, 1.807) is 41.6 Å². The van der Waals surface area contributed by atoms with Crippen molar-refractivity contribution in [1.82, 2.24) is 14.5 Å². The van der Waals surface area contributed by atoms with Crippen LogP contribution in [0.5, 0.6) is 0 Å². The molecular formula is C17H11ClFN3S2. The van der Waals surface area contributed by atoms with Crippen LogP contribution in [0.4, 0.5) is 4.39 Å². The average molecular weight is 376 g/mol. The van der Waals surface area contributed by atoms with Gasteiger partial charge in [-0.2, -0.15) is 0 Å². The molecule has 4 rings (SSSR count). The normalized spacial score (nSPS) is 11.2. The summed E-state index contributed by atoms with van der Waals surface area (Å²) in [5.74, 6) is 0.367. The van der Waals surface area contributed by atoms with Gasteiger partial charge in [-0.3, -0.25) is 0 Å². The molecule has 0 atom stereocenters. The molecule has 0 aliphatic heterocycles. The van der Waals surface area contributed by atoms with E-state index in [4.69, 9.17) is 11.6 Å². The Bertz CT molecular complexity index is 962. The van der Waals surface area contributed by atoms with Crippen molar-refractivity contribution >= 4 is 44.9 Å². The van der Waals surface area contributed by atoms with Crippen LogP contribution in [-0.2, 0) is 5.75 Å². The number of benzene rings is 2. The quantitative estimate of drug-likeness (QED) is 0.437. The summed E-state index contributed by atoms with van der Waals surface area (Å²) in [6.45, 7) is 0. The average Bonchev–Trinajstić information content (AvgIpc) is 3.17. The number of nitrogens with zero attached hydrogens (tertiary/aromatic N) is 3. The second-order valence-electron chi connectivity index (χ2n) is 5.06. The Labute approximate surface area is 151 Å².